The smallest absolute Gasteiger partial charge is 0.349 e. The Morgan fingerprint density at radius 2 is 1.26 bits per heavy atom. The predicted octanol–water partition coefficient (Wildman–Crippen LogP) is 8.44. The molecule has 42 heavy (non-hydrogen) atoms. The monoisotopic (exact) mass is 606 g/mol. The Hall–Kier alpha value is -1.97. The Balaban J connectivity index is 1.52. The van der Waals surface area contributed by atoms with E-state index in [9.17, 15) is 0 Å². The molecule has 5 nitrogen and oxygen atoms in total. The van der Waals surface area contributed by atoms with Crippen LogP contribution >= 0.6 is 11.8 Å². The first-order valence-corrected chi connectivity index (χ1v) is 17.7. The molecular weight excluding hydrogens is 561 g/mol. The fourth-order valence-corrected chi connectivity index (χ4v) is 12.3. The summed E-state index contributed by atoms with van der Waals surface area (Å²) >= 11 is 1.68. The molecule has 3 aromatic rings. The van der Waals surface area contributed by atoms with E-state index in [1.807, 2.05) is 36.4 Å². The molecule has 0 saturated carbocycles. The maximum Gasteiger partial charge on any atom is 0.349 e. The molecule has 2 aliphatic rings. The SMILES string of the molecule is Cc1ccc(SC2O[C@@H]3CO[Si](C(C)(C)C)(C(C)(C)C)O[C@@H]3[C@H](OCc3ccccc3)[C@H]2OCc2ccccc2)cc1. The first-order chi connectivity index (χ1) is 20.0. The minimum absolute atomic E-state index is 0.159. The third kappa shape index (κ3) is 6.88. The lowest BCUT2D eigenvalue weighted by atomic mass is 9.99. The summed E-state index contributed by atoms with van der Waals surface area (Å²) in [6, 6.07) is 29.2. The molecule has 3 aromatic carbocycles. The Bertz CT molecular complexity index is 1260. The van der Waals surface area contributed by atoms with Crippen LogP contribution in [0.1, 0.15) is 58.2 Å². The summed E-state index contributed by atoms with van der Waals surface area (Å²) in [6.45, 7) is 17.0. The van der Waals surface area contributed by atoms with E-state index < -0.39 is 8.56 Å². The van der Waals surface area contributed by atoms with E-state index in [2.05, 4.69) is 97.0 Å². The summed E-state index contributed by atoms with van der Waals surface area (Å²) in [5.41, 5.74) is 3.16. The molecule has 1 unspecified atom stereocenters. The first kappa shape index (κ1) is 31.5. The van der Waals surface area contributed by atoms with Crippen LogP contribution in [0.15, 0.2) is 89.8 Å². The van der Waals surface area contributed by atoms with Gasteiger partial charge in [0.15, 0.2) is 0 Å². The highest BCUT2D eigenvalue weighted by Crippen LogP contribution is 2.55. The maximum atomic E-state index is 7.28. The number of aryl methyl sites for hydroxylation is 1. The fourth-order valence-electron chi connectivity index (χ4n) is 6.24. The molecule has 0 spiro atoms. The number of rotatable bonds is 8. The fraction of sp³-hybridized carbons (Fsp3) is 0.486. The van der Waals surface area contributed by atoms with Crippen molar-refractivity contribution in [3.63, 3.8) is 0 Å². The van der Waals surface area contributed by atoms with Gasteiger partial charge < -0.3 is 23.1 Å². The molecular formula is C35H46O5SSi. The van der Waals surface area contributed by atoms with Crippen LogP contribution in [0.4, 0.5) is 0 Å². The number of thioether (sulfide) groups is 1. The molecule has 2 aliphatic heterocycles. The van der Waals surface area contributed by atoms with Gasteiger partial charge in [0, 0.05) is 15.0 Å². The van der Waals surface area contributed by atoms with E-state index in [-0.39, 0.29) is 39.9 Å². The normalized spacial score (nSPS) is 26.0. The van der Waals surface area contributed by atoms with Crippen molar-refractivity contribution < 1.29 is 23.1 Å². The summed E-state index contributed by atoms with van der Waals surface area (Å²) in [6.07, 6.45) is -1.30. The van der Waals surface area contributed by atoms with Gasteiger partial charge in [-0.1, -0.05) is 132 Å². The van der Waals surface area contributed by atoms with E-state index in [0.29, 0.717) is 19.8 Å². The van der Waals surface area contributed by atoms with Gasteiger partial charge in [0.05, 0.1) is 19.8 Å². The summed E-state index contributed by atoms with van der Waals surface area (Å²) in [7, 11) is -2.79. The lowest BCUT2D eigenvalue weighted by Crippen LogP contribution is -2.71. The third-order valence-corrected chi connectivity index (χ3v) is 14.4. The van der Waals surface area contributed by atoms with Crippen molar-refractivity contribution in [2.24, 2.45) is 0 Å². The zero-order valence-electron chi connectivity index (χ0n) is 26.0. The summed E-state index contributed by atoms with van der Waals surface area (Å²) < 4.78 is 34.6. The maximum absolute atomic E-state index is 7.28. The zero-order valence-corrected chi connectivity index (χ0v) is 27.9. The Kier molecular flexibility index (Phi) is 9.69. The van der Waals surface area contributed by atoms with Crippen LogP contribution in [-0.2, 0) is 36.3 Å². The van der Waals surface area contributed by atoms with Crippen molar-refractivity contribution >= 4 is 20.3 Å². The van der Waals surface area contributed by atoms with Crippen LogP contribution in [0.5, 0.6) is 0 Å². The quantitative estimate of drug-likeness (QED) is 0.240. The summed E-state index contributed by atoms with van der Waals surface area (Å²) in [5.74, 6) is 0. The molecule has 2 saturated heterocycles. The van der Waals surface area contributed by atoms with Crippen molar-refractivity contribution in [2.45, 2.75) is 107 Å². The largest absolute Gasteiger partial charge is 0.391 e. The van der Waals surface area contributed by atoms with Gasteiger partial charge in [-0.2, -0.15) is 0 Å². The second kappa shape index (κ2) is 12.9. The number of hydrogen-bond acceptors (Lipinski definition) is 6. The van der Waals surface area contributed by atoms with Gasteiger partial charge in [-0.05, 0) is 30.2 Å². The van der Waals surface area contributed by atoms with Gasteiger partial charge in [-0.25, -0.2) is 0 Å². The molecule has 2 fully saturated rings. The summed E-state index contributed by atoms with van der Waals surface area (Å²) in [4.78, 5) is 1.13. The highest BCUT2D eigenvalue weighted by atomic mass is 32.2. The molecule has 0 aliphatic carbocycles. The molecule has 5 rings (SSSR count). The number of benzene rings is 3. The molecule has 0 bridgehead atoms. The van der Waals surface area contributed by atoms with Gasteiger partial charge in [-0.3, -0.25) is 0 Å². The minimum atomic E-state index is -2.79. The zero-order chi connectivity index (χ0) is 30.0. The van der Waals surface area contributed by atoms with Crippen LogP contribution in [0.25, 0.3) is 0 Å². The van der Waals surface area contributed by atoms with Crippen molar-refractivity contribution in [3.8, 4) is 0 Å². The van der Waals surface area contributed by atoms with E-state index in [0.717, 1.165) is 16.0 Å². The number of ether oxygens (including phenoxy) is 3. The molecule has 0 N–H and O–H groups in total. The van der Waals surface area contributed by atoms with Crippen molar-refractivity contribution in [1.82, 2.24) is 0 Å². The van der Waals surface area contributed by atoms with Crippen LogP contribution in [0, 0.1) is 6.92 Å². The van der Waals surface area contributed by atoms with Crippen LogP contribution in [-0.4, -0.2) is 45.0 Å². The third-order valence-electron chi connectivity index (χ3n) is 8.16. The standard InChI is InChI=1S/C35H46O5SSi/c1-25-18-20-28(21-19-25)41-33-32(37-23-27-16-12-9-13-17-27)31(36-22-26-14-10-8-11-15-26)30-29(39-33)24-38-42(40-30,34(2,3)4)35(5,6)7/h8-21,29-33H,22-24H2,1-7H3/t29-,30+,31+,32-,33?/m1/s1. The molecule has 2 heterocycles. The summed E-state index contributed by atoms with van der Waals surface area (Å²) in [5, 5.41) is -0.317. The van der Waals surface area contributed by atoms with Gasteiger partial charge in [-0.15, -0.1) is 0 Å². The van der Waals surface area contributed by atoms with Crippen LogP contribution in [0.2, 0.25) is 10.1 Å². The average Bonchev–Trinajstić information content (AvgIpc) is 2.96. The lowest BCUT2D eigenvalue weighted by molar-refractivity contribution is -0.250. The second-order valence-electron chi connectivity index (χ2n) is 13.5. The Morgan fingerprint density at radius 3 is 1.79 bits per heavy atom. The molecule has 5 atom stereocenters. The van der Waals surface area contributed by atoms with E-state index in [1.165, 1.54) is 5.56 Å². The van der Waals surface area contributed by atoms with Crippen molar-refractivity contribution in [3.05, 3.63) is 102 Å². The highest BCUT2D eigenvalue weighted by molar-refractivity contribution is 7.99. The topological polar surface area (TPSA) is 46.2 Å². The molecule has 0 radical (unpaired) electrons. The highest BCUT2D eigenvalue weighted by Gasteiger charge is 2.65. The predicted molar refractivity (Wildman–Crippen MR) is 172 cm³/mol. The van der Waals surface area contributed by atoms with Gasteiger partial charge >= 0.3 is 8.56 Å². The van der Waals surface area contributed by atoms with Crippen LogP contribution in [0.3, 0.4) is 0 Å². The van der Waals surface area contributed by atoms with Crippen molar-refractivity contribution in [1.29, 1.82) is 0 Å². The number of fused-ring (bicyclic) bond motifs is 1. The average molecular weight is 607 g/mol. The first-order valence-electron chi connectivity index (χ1n) is 15.0. The molecule has 0 amide bonds. The minimum Gasteiger partial charge on any atom is -0.391 e. The van der Waals surface area contributed by atoms with E-state index in [1.54, 1.807) is 11.8 Å². The Morgan fingerprint density at radius 1 is 0.738 bits per heavy atom. The van der Waals surface area contributed by atoms with Gasteiger partial charge in [0.25, 0.3) is 0 Å². The Labute approximate surface area is 257 Å². The van der Waals surface area contributed by atoms with E-state index in [4.69, 9.17) is 23.1 Å². The van der Waals surface area contributed by atoms with Crippen molar-refractivity contribution in [2.75, 3.05) is 6.61 Å². The molecule has 226 valence electrons. The molecule has 0 aromatic heterocycles. The number of hydrogen-bond donors (Lipinski definition) is 0. The second-order valence-corrected chi connectivity index (χ2v) is 19.4. The van der Waals surface area contributed by atoms with Gasteiger partial charge in [0.2, 0.25) is 0 Å². The lowest BCUT2D eigenvalue weighted by Gasteiger charge is -2.58. The van der Waals surface area contributed by atoms with Gasteiger partial charge in [0.1, 0.15) is 29.9 Å². The van der Waals surface area contributed by atoms with E-state index >= 15 is 0 Å². The molecule has 7 heteroatoms. The van der Waals surface area contributed by atoms with Crippen LogP contribution < -0.4 is 0 Å².